The van der Waals surface area contributed by atoms with Crippen molar-refractivity contribution in [1.29, 1.82) is 0 Å². The number of rotatable bonds is 4. The van der Waals surface area contributed by atoms with Gasteiger partial charge in [-0.05, 0) is 56.7 Å². The van der Waals surface area contributed by atoms with Gasteiger partial charge in [-0.25, -0.2) is 4.52 Å². The predicted octanol–water partition coefficient (Wildman–Crippen LogP) is 2.71. The van der Waals surface area contributed by atoms with Gasteiger partial charge in [-0.15, -0.1) is 0 Å². The minimum Gasteiger partial charge on any atom is -0.481 e. The van der Waals surface area contributed by atoms with E-state index < -0.39 is 0 Å². The first-order chi connectivity index (χ1) is 14.6. The van der Waals surface area contributed by atoms with Crippen LogP contribution in [0, 0.1) is 0 Å². The number of nitrogens with one attached hydrogen (secondary N) is 2. The number of piperidine rings is 1. The lowest BCUT2D eigenvalue weighted by Crippen LogP contribution is -2.43. The summed E-state index contributed by atoms with van der Waals surface area (Å²) in [5.41, 5.74) is 4.15. The monoisotopic (exact) mass is 404 g/mol. The molecule has 30 heavy (non-hydrogen) atoms. The number of pyridine rings is 2. The number of ether oxygens (including phenoxy) is 1. The predicted molar refractivity (Wildman–Crippen MR) is 115 cm³/mol. The van der Waals surface area contributed by atoms with Crippen LogP contribution in [0.15, 0.2) is 42.9 Å². The lowest BCUT2D eigenvalue weighted by atomic mass is 10.0. The average molecular weight is 404 g/mol. The summed E-state index contributed by atoms with van der Waals surface area (Å²) in [5, 5.41) is 8.54. The Kier molecular flexibility index (Phi) is 4.63. The van der Waals surface area contributed by atoms with Crippen molar-refractivity contribution in [3.8, 4) is 17.0 Å². The van der Waals surface area contributed by atoms with E-state index in [9.17, 15) is 4.79 Å². The lowest BCUT2D eigenvalue weighted by molar-refractivity contribution is 0.0918. The molecular weight excluding hydrogens is 380 g/mol. The number of likely N-dealkylation sites (tertiary alicyclic amines) is 1. The number of nitrogens with zero attached hydrogens (tertiary/aromatic N) is 4. The fourth-order valence-electron chi connectivity index (χ4n) is 4.08. The maximum absolute atomic E-state index is 12.9. The molecule has 0 aromatic carbocycles. The third-order valence-electron chi connectivity index (χ3n) is 5.85. The molecule has 0 bridgehead atoms. The molecule has 1 fully saturated rings. The smallest absolute Gasteiger partial charge is 0.255 e. The van der Waals surface area contributed by atoms with E-state index in [1.165, 1.54) is 0 Å². The maximum atomic E-state index is 12.9. The van der Waals surface area contributed by atoms with Crippen molar-refractivity contribution in [2.24, 2.45) is 0 Å². The number of H-pyrrole nitrogens is 1. The molecular formula is C22H24N6O2. The van der Waals surface area contributed by atoms with Gasteiger partial charge >= 0.3 is 0 Å². The molecule has 154 valence electrons. The molecule has 2 N–H and O–H groups in total. The van der Waals surface area contributed by atoms with Crippen LogP contribution in [-0.2, 0) is 0 Å². The fourth-order valence-corrected chi connectivity index (χ4v) is 4.08. The number of fused-ring (bicyclic) bond motifs is 2. The highest BCUT2D eigenvalue weighted by Crippen LogP contribution is 2.30. The van der Waals surface area contributed by atoms with E-state index in [4.69, 9.17) is 4.74 Å². The molecule has 1 aliphatic heterocycles. The SMILES string of the molecule is COc1ccc2c(-c3ccn4ncc(C(=O)NC5CCN(C)CC5)c4c3)c[nH]c2n1. The standard InChI is InChI=1S/C22H24N6O2/c1-27-8-6-15(7-9-27)25-22(29)18-13-24-28-10-5-14(11-19(18)28)17-12-23-21-16(17)3-4-20(26-21)30-2/h3-5,10-13,15H,6-9H2,1-2H3,(H,23,26)(H,25,29). The zero-order valence-electron chi connectivity index (χ0n) is 17.1. The van der Waals surface area contributed by atoms with E-state index in [1.54, 1.807) is 17.8 Å². The number of hydrogen-bond acceptors (Lipinski definition) is 5. The molecule has 8 heteroatoms. The first-order valence-electron chi connectivity index (χ1n) is 10.1. The third kappa shape index (κ3) is 3.29. The molecule has 4 aromatic rings. The highest BCUT2D eigenvalue weighted by molar-refractivity contribution is 6.02. The van der Waals surface area contributed by atoms with E-state index in [1.807, 2.05) is 36.7 Å². The van der Waals surface area contributed by atoms with Gasteiger partial charge in [0.1, 0.15) is 5.65 Å². The van der Waals surface area contributed by atoms with Crippen molar-refractivity contribution in [2.45, 2.75) is 18.9 Å². The van der Waals surface area contributed by atoms with Crippen molar-refractivity contribution < 1.29 is 9.53 Å². The lowest BCUT2D eigenvalue weighted by Gasteiger charge is -2.29. The molecule has 5 heterocycles. The van der Waals surface area contributed by atoms with Crippen LogP contribution in [-0.4, -0.2) is 63.7 Å². The Morgan fingerprint density at radius 2 is 2.10 bits per heavy atom. The molecule has 4 aromatic heterocycles. The highest BCUT2D eigenvalue weighted by Gasteiger charge is 2.21. The Morgan fingerprint density at radius 3 is 2.90 bits per heavy atom. The minimum absolute atomic E-state index is 0.0676. The number of carbonyl (C=O) groups is 1. The zero-order valence-corrected chi connectivity index (χ0v) is 17.1. The van der Waals surface area contributed by atoms with Crippen LogP contribution in [0.2, 0.25) is 0 Å². The van der Waals surface area contributed by atoms with Gasteiger partial charge in [-0.3, -0.25) is 4.79 Å². The summed E-state index contributed by atoms with van der Waals surface area (Å²) >= 11 is 0. The van der Waals surface area contributed by atoms with Gasteiger partial charge in [0.05, 0.1) is 24.4 Å². The van der Waals surface area contributed by atoms with Gasteiger partial charge in [0, 0.05) is 35.5 Å². The van der Waals surface area contributed by atoms with Gasteiger partial charge in [0.25, 0.3) is 5.91 Å². The van der Waals surface area contributed by atoms with Crippen LogP contribution in [0.3, 0.4) is 0 Å². The van der Waals surface area contributed by atoms with Crippen LogP contribution < -0.4 is 10.1 Å². The summed E-state index contributed by atoms with van der Waals surface area (Å²) in [6.45, 7) is 2.01. The van der Waals surface area contributed by atoms with E-state index in [2.05, 4.69) is 32.3 Å². The molecule has 1 saturated heterocycles. The van der Waals surface area contributed by atoms with Crippen LogP contribution >= 0.6 is 0 Å². The number of amides is 1. The third-order valence-corrected chi connectivity index (χ3v) is 5.85. The number of aromatic nitrogens is 4. The van der Waals surface area contributed by atoms with Crippen LogP contribution in [0.5, 0.6) is 5.88 Å². The number of hydrogen-bond donors (Lipinski definition) is 2. The first kappa shape index (κ1) is 18.6. The van der Waals surface area contributed by atoms with Gasteiger partial charge in [0.2, 0.25) is 5.88 Å². The Balaban J connectivity index is 1.47. The van der Waals surface area contributed by atoms with E-state index >= 15 is 0 Å². The van der Waals surface area contributed by atoms with Crippen molar-refractivity contribution in [2.75, 3.05) is 27.2 Å². The Hall–Kier alpha value is -3.39. The van der Waals surface area contributed by atoms with Crippen molar-refractivity contribution in [3.05, 3.63) is 48.4 Å². The van der Waals surface area contributed by atoms with E-state index in [0.29, 0.717) is 11.4 Å². The maximum Gasteiger partial charge on any atom is 0.255 e. The quantitative estimate of drug-likeness (QED) is 0.546. The highest BCUT2D eigenvalue weighted by atomic mass is 16.5. The summed E-state index contributed by atoms with van der Waals surface area (Å²) in [4.78, 5) is 22.9. The van der Waals surface area contributed by atoms with Crippen LogP contribution in [0.1, 0.15) is 23.2 Å². The average Bonchev–Trinajstić information content (AvgIpc) is 3.38. The molecule has 1 aliphatic rings. The molecule has 5 rings (SSSR count). The van der Waals surface area contributed by atoms with Crippen molar-refractivity contribution in [1.82, 2.24) is 29.8 Å². The van der Waals surface area contributed by atoms with Gasteiger partial charge in [-0.2, -0.15) is 10.1 Å². The van der Waals surface area contributed by atoms with Gasteiger partial charge in [0.15, 0.2) is 0 Å². The fraction of sp³-hybridized carbons (Fsp3) is 0.318. The molecule has 8 nitrogen and oxygen atoms in total. The zero-order chi connectivity index (χ0) is 20.7. The Labute approximate surface area is 173 Å². The summed E-state index contributed by atoms with van der Waals surface area (Å²) < 4.78 is 6.94. The van der Waals surface area contributed by atoms with E-state index in [0.717, 1.165) is 53.6 Å². The molecule has 1 amide bonds. The summed E-state index contributed by atoms with van der Waals surface area (Å²) in [7, 11) is 3.71. The second-order valence-electron chi connectivity index (χ2n) is 7.81. The number of carbonyl (C=O) groups excluding carboxylic acids is 1. The summed E-state index contributed by atoms with van der Waals surface area (Å²) in [6.07, 6.45) is 7.40. The Bertz CT molecular complexity index is 1220. The molecule has 0 spiro atoms. The first-order valence-corrected chi connectivity index (χ1v) is 10.1. The van der Waals surface area contributed by atoms with Crippen molar-refractivity contribution in [3.63, 3.8) is 0 Å². The molecule has 0 radical (unpaired) electrons. The second kappa shape index (κ2) is 7.46. The molecule has 0 aliphatic carbocycles. The summed E-state index contributed by atoms with van der Waals surface area (Å²) in [6, 6.07) is 8.04. The van der Waals surface area contributed by atoms with Crippen molar-refractivity contribution >= 4 is 22.5 Å². The van der Waals surface area contributed by atoms with Crippen LogP contribution in [0.25, 0.3) is 27.7 Å². The molecule has 0 atom stereocenters. The number of aromatic amines is 1. The molecule has 0 saturated carbocycles. The largest absolute Gasteiger partial charge is 0.481 e. The van der Waals surface area contributed by atoms with Crippen LogP contribution in [0.4, 0.5) is 0 Å². The normalized spacial score (nSPS) is 15.7. The minimum atomic E-state index is -0.0676. The molecule has 0 unspecified atom stereocenters. The van der Waals surface area contributed by atoms with Gasteiger partial charge < -0.3 is 19.9 Å². The Morgan fingerprint density at radius 1 is 1.27 bits per heavy atom. The van der Waals surface area contributed by atoms with E-state index in [-0.39, 0.29) is 11.9 Å². The second-order valence-corrected chi connectivity index (χ2v) is 7.81. The topological polar surface area (TPSA) is 87.5 Å². The number of methoxy groups -OCH3 is 1. The van der Waals surface area contributed by atoms with Gasteiger partial charge in [-0.1, -0.05) is 0 Å². The summed E-state index contributed by atoms with van der Waals surface area (Å²) in [5.74, 6) is 0.497.